The fourth-order valence-corrected chi connectivity index (χ4v) is 3.62. The first-order chi connectivity index (χ1) is 12.5. The van der Waals surface area contributed by atoms with E-state index in [1.54, 1.807) is 13.0 Å². The van der Waals surface area contributed by atoms with Crippen LogP contribution in [-0.4, -0.2) is 40.9 Å². The maximum absolute atomic E-state index is 12.6. The molecule has 0 radical (unpaired) electrons. The molecular weight excluding hydrogens is 370 g/mol. The second-order valence-corrected chi connectivity index (χ2v) is 7.34. The molecule has 140 valence electrons. The van der Waals surface area contributed by atoms with E-state index in [9.17, 15) is 9.59 Å². The molecule has 0 saturated carbocycles. The van der Waals surface area contributed by atoms with Crippen LogP contribution in [0.5, 0.6) is 5.75 Å². The van der Waals surface area contributed by atoms with Crippen molar-refractivity contribution in [1.82, 2.24) is 4.90 Å². The molecule has 0 unspecified atom stereocenters. The van der Waals surface area contributed by atoms with E-state index in [1.165, 1.54) is 16.7 Å². The minimum absolute atomic E-state index is 0.133. The van der Waals surface area contributed by atoms with Gasteiger partial charge in [0, 0.05) is 6.54 Å². The zero-order chi connectivity index (χ0) is 18.9. The highest BCUT2D eigenvalue weighted by Crippen LogP contribution is 2.33. The van der Waals surface area contributed by atoms with Crippen molar-refractivity contribution in [1.29, 1.82) is 0 Å². The molecule has 1 aromatic rings. The normalized spacial score (nSPS) is 15.6. The molecule has 1 saturated heterocycles. The zero-order valence-corrected chi connectivity index (χ0v) is 16.7. The minimum atomic E-state index is -0.331. The summed E-state index contributed by atoms with van der Waals surface area (Å²) in [5, 5.41) is 0. The van der Waals surface area contributed by atoms with E-state index in [0.29, 0.717) is 22.4 Å². The quantitative estimate of drug-likeness (QED) is 0.273. The van der Waals surface area contributed by atoms with Gasteiger partial charge < -0.3 is 9.47 Å². The number of rotatable bonds is 9. The lowest BCUT2D eigenvalue weighted by atomic mass is 10.2. The summed E-state index contributed by atoms with van der Waals surface area (Å²) >= 11 is 6.52. The molecule has 26 heavy (non-hydrogen) atoms. The molecule has 1 aromatic carbocycles. The van der Waals surface area contributed by atoms with Crippen LogP contribution in [0.2, 0.25) is 0 Å². The second kappa shape index (κ2) is 10.3. The monoisotopic (exact) mass is 393 g/mol. The summed E-state index contributed by atoms with van der Waals surface area (Å²) in [5.74, 6) is 0.272. The Kier molecular flexibility index (Phi) is 8.12. The topological polar surface area (TPSA) is 55.8 Å². The first kappa shape index (κ1) is 20.5. The van der Waals surface area contributed by atoms with Gasteiger partial charge in [-0.05, 0) is 37.1 Å². The van der Waals surface area contributed by atoms with E-state index in [2.05, 4.69) is 6.92 Å². The van der Waals surface area contributed by atoms with E-state index >= 15 is 0 Å². The van der Waals surface area contributed by atoms with Gasteiger partial charge in [0.05, 0.1) is 24.5 Å². The molecule has 0 aliphatic carbocycles. The number of carbonyl (C=O) groups is 2. The van der Waals surface area contributed by atoms with Crippen LogP contribution in [0.15, 0.2) is 29.2 Å². The lowest BCUT2D eigenvalue weighted by molar-refractivity contribution is -0.143. The van der Waals surface area contributed by atoms with Gasteiger partial charge in [0.25, 0.3) is 5.91 Å². The van der Waals surface area contributed by atoms with Crippen LogP contribution in [-0.2, 0) is 14.3 Å². The predicted octanol–water partition coefficient (Wildman–Crippen LogP) is 4.02. The lowest BCUT2D eigenvalue weighted by Gasteiger charge is -2.13. The maximum atomic E-state index is 12.6. The number of hydrogen-bond donors (Lipinski definition) is 0. The molecule has 1 aliphatic rings. The minimum Gasteiger partial charge on any atom is -0.494 e. The SMILES string of the molecule is CCCCOc1cccc(/C=C2/SC(=S)N(CCC(=O)OCC)C2=O)c1. The van der Waals surface area contributed by atoms with Gasteiger partial charge in [0.2, 0.25) is 0 Å². The van der Waals surface area contributed by atoms with E-state index in [1.807, 2.05) is 24.3 Å². The smallest absolute Gasteiger partial charge is 0.307 e. The Morgan fingerprint density at radius 3 is 2.88 bits per heavy atom. The number of benzene rings is 1. The average Bonchev–Trinajstić information content (AvgIpc) is 2.87. The number of amides is 1. The van der Waals surface area contributed by atoms with Crippen molar-refractivity contribution in [2.45, 2.75) is 33.1 Å². The van der Waals surface area contributed by atoms with Crippen LogP contribution >= 0.6 is 24.0 Å². The van der Waals surface area contributed by atoms with E-state index < -0.39 is 0 Å². The number of carbonyl (C=O) groups excluding carboxylic acids is 2. The largest absolute Gasteiger partial charge is 0.494 e. The Labute approximate surface area is 163 Å². The maximum Gasteiger partial charge on any atom is 0.307 e. The highest BCUT2D eigenvalue weighted by atomic mass is 32.2. The van der Waals surface area contributed by atoms with Crippen molar-refractivity contribution in [3.05, 3.63) is 34.7 Å². The van der Waals surface area contributed by atoms with E-state index in [-0.39, 0.29) is 24.8 Å². The summed E-state index contributed by atoms with van der Waals surface area (Å²) in [5.41, 5.74) is 0.880. The predicted molar refractivity (Wildman–Crippen MR) is 108 cm³/mol. The third-order valence-electron chi connectivity index (χ3n) is 3.64. The summed E-state index contributed by atoms with van der Waals surface area (Å²) in [4.78, 5) is 26.0. The summed E-state index contributed by atoms with van der Waals surface area (Å²) in [6.07, 6.45) is 4.02. The van der Waals surface area contributed by atoms with Crippen molar-refractivity contribution < 1.29 is 19.1 Å². The molecule has 0 spiro atoms. The molecule has 1 aliphatic heterocycles. The number of esters is 1. The van der Waals surface area contributed by atoms with Crippen LogP contribution in [0.4, 0.5) is 0 Å². The van der Waals surface area contributed by atoms with Crippen molar-refractivity contribution >= 4 is 46.3 Å². The Balaban J connectivity index is 2.02. The highest BCUT2D eigenvalue weighted by Gasteiger charge is 2.32. The van der Waals surface area contributed by atoms with Crippen LogP contribution in [0.1, 0.15) is 38.7 Å². The molecule has 7 heteroatoms. The van der Waals surface area contributed by atoms with Gasteiger partial charge in [-0.3, -0.25) is 14.5 Å². The Morgan fingerprint density at radius 2 is 2.15 bits per heavy atom. The van der Waals surface area contributed by atoms with E-state index in [4.69, 9.17) is 21.7 Å². The first-order valence-corrected chi connectivity index (χ1v) is 9.91. The summed E-state index contributed by atoms with van der Waals surface area (Å²) < 4.78 is 11.1. The summed E-state index contributed by atoms with van der Waals surface area (Å²) in [6, 6.07) is 7.62. The van der Waals surface area contributed by atoms with Crippen molar-refractivity contribution in [3.8, 4) is 5.75 Å². The van der Waals surface area contributed by atoms with E-state index in [0.717, 1.165) is 24.2 Å². The van der Waals surface area contributed by atoms with Crippen LogP contribution in [0.3, 0.4) is 0 Å². The van der Waals surface area contributed by atoms with Gasteiger partial charge in [0.1, 0.15) is 10.1 Å². The van der Waals surface area contributed by atoms with Gasteiger partial charge in [-0.15, -0.1) is 0 Å². The number of ether oxygens (including phenoxy) is 2. The summed E-state index contributed by atoms with van der Waals surface area (Å²) in [7, 11) is 0. The number of thioether (sulfide) groups is 1. The number of unbranched alkanes of at least 4 members (excludes halogenated alkanes) is 1. The molecule has 0 N–H and O–H groups in total. The van der Waals surface area contributed by atoms with Gasteiger partial charge in [-0.25, -0.2) is 0 Å². The van der Waals surface area contributed by atoms with Crippen LogP contribution in [0.25, 0.3) is 6.08 Å². The molecular formula is C19H23NO4S2. The zero-order valence-electron chi connectivity index (χ0n) is 15.0. The molecule has 0 bridgehead atoms. The van der Waals surface area contributed by atoms with Crippen LogP contribution < -0.4 is 4.74 Å². The van der Waals surface area contributed by atoms with Gasteiger partial charge in [0.15, 0.2) is 0 Å². The fraction of sp³-hybridized carbons (Fsp3) is 0.421. The number of nitrogens with zero attached hydrogens (tertiary/aromatic N) is 1. The number of hydrogen-bond acceptors (Lipinski definition) is 6. The molecule has 1 amide bonds. The van der Waals surface area contributed by atoms with Gasteiger partial charge in [-0.2, -0.15) is 0 Å². The Morgan fingerprint density at radius 1 is 1.35 bits per heavy atom. The standard InChI is InChI=1S/C19H23NO4S2/c1-3-5-11-24-15-8-6-7-14(12-15)13-16-18(22)20(19(25)26-16)10-9-17(21)23-4-2/h6-8,12-13H,3-5,9-11H2,1-2H3/b16-13+. The van der Waals surface area contributed by atoms with Gasteiger partial charge >= 0.3 is 5.97 Å². The third-order valence-corrected chi connectivity index (χ3v) is 5.02. The molecule has 1 heterocycles. The Bertz CT molecular complexity index is 703. The second-order valence-electron chi connectivity index (χ2n) is 5.66. The van der Waals surface area contributed by atoms with Crippen LogP contribution in [0, 0.1) is 0 Å². The molecule has 2 rings (SSSR count). The highest BCUT2D eigenvalue weighted by molar-refractivity contribution is 8.26. The summed E-state index contributed by atoms with van der Waals surface area (Å²) in [6.45, 7) is 5.11. The number of thiocarbonyl (C=S) groups is 1. The fourth-order valence-electron chi connectivity index (χ4n) is 2.31. The van der Waals surface area contributed by atoms with Crippen molar-refractivity contribution in [2.75, 3.05) is 19.8 Å². The molecule has 1 fully saturated rings. The molecule has 5 nitrogen and oxygen atoms in total. The Hall–Kier alpha value is -1.86. The third kappa shape index (κ3) is 5.85. The lowest BCUT2D eigenvalue weighted by Crippen LogP contribution is -2.30. The molecule has 0 aromatic heterocycles. The molecule has 0 atom stereocenters. The average molecular weight is 394 g/mol. The van der Waals surface area contributed by atoms with Gasteiger partial charge in [-0.1, -0.05) is 49.5 Å². The van der Waals surface area contributed by atoms with Crippen molar-refractivity contribution in [2.24, 2.45) is 0 Å². The first-order valence-electron chi connectivity index (χ1n) is 8.69. The van der Waals surface area contributed by atoms with Crippen molar-refractivity contribution in [3.63, 3.8) is 0 Å².